The maximum absolute atomic E-state index is 13.4. The minimum Gasteiger partial charge on any atom is -0.377 e. The first-order chi connectivity index (χ1) is 11.0. The molecule has 2 heterocycles. The number of morpholine rings is 1. The molecule has 0 aliphatic carbocycles. The molecule has 0 N–H and O–H groups in total. The van der Waals surface area contributed by atoms with Gasteiger partial charge in [0.1, 0.15) is 5.82 Å². The van der Waals surface area contributed by atoms with E-state index in [0.29, 0.717) is 25.3 Å². The van der Waals surface area contributed by atoms with E-state index in [1.165, 1.54) is 12.1 Å². The summed E-state index contributed by atoms with van der Waals surface area (Å²) in [7, 11) is 1.88. The van der Waals surface area contributed by atoms with Gasteiger partial charge in [0.2, 0.25) is 0 Å². The molecule has 1 fully saturated rings. The number of hydrogen-bond acceptors (Lipinski definition) is 3. The summed E-state index contributed by atoms with van der Waals surface area (Å²) in [4.78, 5) is 14.6. The van der Waals surface area contributed by atoms with Gasteiger partial charge in [0.25, 0.3) is 5.91 Å². The number of hydrogen-bond donors (Lipinski definition) is 0. The lowest BCUT2D eigenvalue weighted by atomic mass is 10.0. The zero-order chi connectivity index (χ0) is 16.6. The molecule has 23 heavy (non-hydrogen) atoms. The summed E-state index contributed by atoms with van der Waals surface area (Å²) in [6.45, 7) is 5.30. The number of benzene rings is 1. The molecule has 1 aromatic carbocycles. The fourth-order valence-corrected chi connectivity index (χ4v) is 3.15. The van der Waals surface area contributed by atoms with Gasteiger partial charge in [-0.3, -0.25) is 9.48 Å². The van der Waals surface area contributed by atoms with Crippen molar-refractivity contribution in [1.82, 2.24) is 14.7 Å². The van der Waals surface area contributed by atoms with Gasteiger partial charge in [0, 0.05) is 30.4 Å². The molecule has 0 spiro atoms. The van der Waals surface area contributed by atoms with E-state index in [0.717, 1.165) is 17.0 Å². The van der Waals surface area contributed by atoms with E-state index >= 15 is 0 Å². The molecule has 1 aliphatic rings. The highest BCUT2D eigenvalue weighted by atomic mass is 19.1. The van der Waals surface area contributed by atoms with Crippen molar-refractivity contribution in [2.24, 2.45) is 7.05 Å². The smallest absolute Gasteiger partial charge is 0.254 e. The first-order valence-electron chi connectivity index (χ1n) is 7.63. The highest BCUT2D eigenvalue weighted by Crippen LogP contribution is 2.30. The highest BCUT2D eigenvalue weighted by molar-refractivity contribution is 5.94. The molecule has 1 atom stereocenters. The van der Waals surface area contributed by atoms with Crippen LogP contribution in [0.5, 0.6) is 0 Å². The summed E-state index contributed by atoms with van der Waals surface area (Å²) in [5.74, 6) is -0.588. The molecular weight excluding hydrogens is 297 g/mol. The summed E-state index contributed by atoms with van der Waals surface area (Å²) in [5, 5.41) is 4.43. The highest BCUT2D eigenvalue weighted by Gasteiger charge is 2.33. The van der Waals surface area contributed by atoms with E-state index in [1.807, 2.05) is 25.6 Å². The van der Waals surface area contributed by atoms with Gasteiger partial charge in [-0.2, -0.15) is 5.10 Å². The van der Waals surface area contributed by atoms with Gasteiger partial charge in [0.05, 0.1) is 24.9 Å². The monoisotopic (exact) mass is 317 g/mol. The van der Waals surface area contributed by atoms with Crippen LogP contribution in [-0.2, 0) is 11.8 Å². The lowest BCUT2D eigenvalue weighted by molar-refractivity contribution is -0.00306. The Morgan fingerprint density at radius 1 is 1.39 bits per heavy atom. The van der Waals surface area contributed by atoms with Crippen molar-refractivity contribution >= 4 is 5.91 Å². The average molecular weight is 317 g/mol. The van der Waals surface area contributed by atoms with Crippen LogP contribution in [0.2, 0.25) is 0 Å². The standard InChI is InChI=1S/C17H20FN3O2/c1-11-16(12(2)20(3)19-11)15-10-23-8-7-21(15)17(22)13-5-4-6-14(18)9-13/h4-6,9,15H,7-8,10H2,1-3H3/t15-/m1/s1. The van der Waals surface area contributed by atoms with E-state index in [2.05, 4.69) is 5.10 Å². The largest absolute Gasteiger partial charge is 0.377 e. The van der Waals surface area contributed by atoms with Gasteiger partial charge in [0.15, 0.2) is 0 Å². The van der Waals surface area contributed by atoms with E-state index in [1.54, 1.807) is 17.0 Å². The molecule has 1 saturated heterocycles. The van der Waals surface area contributed by atoms with E-state index < -0.39 is 5.82 Å². The van der Waals surface area contributed by atoms with Gasteiger partial charge in [-0.05, 0) is 32.0 Å². The van der Waals surface area contributed by atoms with Crippen LogP contribution in [0.15, 0.2) is 24.3 Å². The van der Waals surface area contributed by atoms with Crippen LogP contribution in [0.25, 0.3) is 0 Å². The topological polar surface area (TPSA) is 47.4 Å². The third-order valence-electron chi connectivity index (χ3n) is 4.36. The fraction of sp³-hybridized carbons (Fsp3) is 0.412. The minimum atomic E-state index is -0.408. The molecule has 0 unspecified atom stereocenters. The Balaban J connectivity index is 1.97. The van der Waals surface area contributed by atoms with Gasteiger partial charge in [-0.25, -0.2) is 4.39 Å². The third kappa shape index (κ3) is 2.86. The number of carbonyl (C=O) groups excluding carboxylic acids is 1. The summed E-state index contributed by atoms with van der Waals surface area (Å²) < 4.78 is 20.8. The van der Waals surface area contributed by atoms with Crippen LogP contribution in [0.4, 0.5) is 4.39 Å². The van der Waals surface area contributed by atoms with Crippen molar-refractivity contribution in [2.75, 3.05) is 19.8 Å². The first kappa shape index (κ1) is 15.7. The van der Waals surface area contributed by atoms with Crippen LogP contribution in [0.3, 0.4) is 0 Å². The lowest BCUT2D eigenvalue weighted by Crippen LogP contribution is -2.43. The van der Waals surface area contributed by atoms with Gasteiger partial charge in [-0.15, -0.1) is 0 Å². The number of aryl methyl sites for hydroxylation is 2. The number of nitrogens with zero attached hydrogens (tertiary/aromatic N) is 3. The molecule has 1 aliphatic heterocycles. The molecule has 0 saturated carbocycles. The predicted octanol–water partition coefficient (Wildman–Crippen LogP) is 2.39. The van der Waals surface area contributed by atoms with Crippen molar-refractivity contribution in [2.45, 2.75) is 19.9 Å². The molecule has 5 nitrogen and oxygen atoms in total. The second kappa shape index (κ2) is 6.12. The molecule has 3 rings (SSSR count). The van der Waals surface area contributed by atoms with E-state index in [-0.39, 0.29) is 11.9 Å². The molecule has 0 radical (unpaired) electrons. The maximum atomic E-state index is 13.4. The number of carbonyl (C=O) groups is 1. The number of amides is 1. The Kier molecular flexibility index (Phi) is 4.17. The van der Waals surface area contributed by atoms with Crippen LogP contribution in [-0.4, -0.2) is 40.3 Å². The quantitative estimate of drug-likeness (QED) is 0.854. The van der Waals surface area contributed by atoms with Crippen molar-refractivity contribution in [1.29, 1.82) is 0 Å². The molecule has 1 amide bonds. The first-order valence-corrected chi connectivity index (χ1v) is 7.63. The van der Waals surface area contributed by atoms with Crippen molar-refractivity contribution in [3.05, 3.63) is 52.6 Å². The van der Waals surface area contributed by atoms with Gasteiger partial charge < -0.3 is 9.64 Å². The normalized spacial score (nSPS) is 18.3. The molecule has 6 heteroatoms. The van der Waals surface area contributed by atoms with Crippen molar-refractivity contribution in [3.8, 4) is 0 Å². The lowest BCUT2D eigenvalue weighted by Gasteiger charge is -2.36. The Morgan fingerprint density at radius 2 is 2.17 bits per heavy atom. The van der Waals surface area contributed by atoms with Gasteiger partial charge >= 0.3 is 0 Å². The predicted molar refractivity (Wildman–Crippen MR) is 83.7 cm³/mol. The Bertz CT molecular complexity index is 741. The summed E-state index contributed by atoms with van der Waals surface area (Å²) in [6.07, 6.45) is 0. The number of halogens is 1. The molecule has 1 aromatic heterocycles. The average Bonchev–Trinajstić information content (AvgIpc) is 2.79. The maximum Gasteiger partial charge on any atom is 0.254 e. The number of aromatic nitrogens is 2. The zero-order valence-electron chi connectivity index (χ0n) is 13.5. The Morgan fingerprint density at radius 3 is 2.83 bits per heavy atom. The number of rotatable bonds is 2. The summed E-state index contributed by atoms with van der Waals surface area (Å²) in [6, 6.07) is 5.61. The molecule has 0 bridgehead atoms. The Labute approximate surface area is 134 Å². The molecule has 122 valence electrons. The summed E-state index contributed by atoms with van der Waals surface area (Å²) in [5.41, 5.74) is 3.26. The zero-order valence-corrected chi connectivity index (χ0v) is 13.5. The SMILES string of the molecule is Cc1nn(C)c(C)c1[C@H]1COCCN1C(=O)c1cccc(F)c1. The molecular formula is C17H20FN3O2. The molecule has 2 aromatic rings. The minimum absolute atomic E-state index is 0.180. The van der Waals surface area contributed by atoms with Crippen molar-refractivity contribution in [3.63, 3.8) is 0 Å². The second-order valence-corrected chi connectivity index (χ2v) is 5.81. The van der Waals surface area contributed by atoms with Crippen LogP contribution >= 0.6 is 0 Å². The third-order valence-corrected chi connectivity index (χ3v) is 4.36. The van der Waals surface area contributed by atoms with E-state index in [9.17, 15) is 9.18 Å². The number of ether oxygens (including phenoxy) is 1. The summed E-state index contributed by atoms with van der Waals surface area (Å²) >= 11 is 0. The van der Waals surface area contributed by atoms with Crippen LogP contribution in [0.1, 0.15) is 33.4 Å². The Hall–Kier alpha value is -2.21. The van der Waals surface area contributed by atoms with Gasteiger partial charge in [-0.1, -0.05) is 6.07 Å². The van der Waals surface area contributed by atoms with Crippen LogP contribution in [0, 0.1) is 19.7 Å². The second-order valence-electron chi connectivity index (χ2n) is 5.81. The van der Waals surface area contributed by atoms with E-state index in [4.69, 9.17) is 4.74 Å². The van der Waals surface area contributed by atoms with Crippen molar-refractivity contribution < 1.29 is 13.9 Å². The van der Waals surface area contributed by atoms with Crippen LogP contribution < -0.4 is 0 Å². The fourth-order valence-electron chi connectivity index (χ4n) is 3.15.